The molecule has 1 N–H and O–H groups in total. The summed E-state index contributed by atoms with van der Waals surface area (Å²) in [4.78, 5) is 20.2. The molecule has 0 spiro atoms. The fourth-order valence-electron chi connectivity index (χ4n) is 3.81. The van der Waals surface area contributed by atoms with E-state index < -0.39 is 10.0 Å². The number of hydrogen-bond donors (Lipinski definition) is 1. The third-order valence-corrected chi connectivity index (χ3v) is 8.27. The molecular weight excluding hydrogens is 444 g/mol. The summed E-state index contributed by atoms with van der Waals surface area (Å²) in [7, 11) is -1.90. The van der Waals surface area contributed by atoms with Crippen molar-refractivity contribution in [1.29, 1.82) is 0 Å². The van der Waals surface area contributed by atoms with E-state index in [1.165, 1.54) is 11.3 Å². The van der Waals surface area contributed by atoms with Gasteiger partial charge in [-0.05, 0) is 44.7 Å². The molecule has 2 aromatic heterocycles. The van der Waals surface area contributed by atoms with E-state index >= 15 is 0 Å². The average molecular weight is 473 g/mol. The molecule has 0 aliphatic carbocycles. The van der Waals surface area contributed by atoms with Crippen LogP contribution < -0.4 is 4.72 Å². The summed E-state index contributed by atoms with van der Waals surface area (Å²) in [6, 6.07) is 9.35. The monoisotopic (exact) mass is 472 g/mol. The van der Waals surface area contributed by atoms with Gasteiger partial charge in [-0.15, -0.1) is 11.3 Å². The molecule has 0 atom stereocenters. The van der Waals surface area contributed by atoms with Gasteiger partial charge < -0.3 is 9.47 Å². The van der Waals surface area contributed by atoms with Crippen LogP contribution in [0.25, 0.3) is 10.7 Å². The number of amides is 1. The molecule has 1 saturated heterocycles. The number of hydrogen-bond acceptors (Lipinski definition) is 5. The van der Waals surface area contributed by atoms with E-state index in [-0.39, 0.29) is 17.3 Å². The molecule has 4 rings (SSSR count). The lowest BCUT2D eigenvalue weighted by molar-refractivity contribution is 0.0728. The normalized spacial score (nSPS) is 14.7. The van der Waals surface area contributed by atoms with Crippen LogP contribution in [0.3, 0.4) is 0 Å². The number of thiazole rings is 1. The van der Waals surface area contributed by atoms with E-state index in [4.69, 9.17) is 0 Å². The van der Waals surface area contributed by atoms with E-state index in [0.717, 1.165) is 43.5 Å². The minimum absolute atomic E-state index is 0.0211. The highest BCUT2D eigenvalue weighted by molar-refractivity contribution is 7.89. The molecule has 7 nitrogen and oxygen atoms in total. The van der Waals surface area contributed by atoms with Crippen molar-refractivity contribution in [2.75, 3.05) is 13.1 Å². The minimum atomic E-state index is -3.68. The lowest BCUT2D eigenvalue weighted by Crippen LogP contribution is -2.35. The predicted octanol–water partition coefficient (Wildman–Crippen LogP) is 3.87. The summed E-state index contributed by atoms with van der Waals surface area (Å²) in [5.74, 6) is 0.0211. The van der Waals surface area contributed by atoms with Crippen LogP contribution in [0.1, 0.15) is 45.8 Å². The molecule has 0 saturated carbocycles. The summed E-state index contributed by atoms with van der Waals surface area (Å²) in [5.41, 5.74) is 3.38. The van der Waals surface area contributed by atoms with E-state index in [1.807, 2.05) is 43.0 Å². The molecule has 0 bridgehead atoms. The lowest BCUT2D eigenvalue weighted by Gasteiger charge is -2.26. The number of aryl methyl sites for hydroxylation is 3. The number of benzene rings is 1. The molecule has 1 aromatic carbocycles. The molecule has 9 heteroatoms. The highest BCUT2D eigenvalue weighted by Gasteiger charge is 2.25. The van der Waals surface area contributed by atoms with Gasteiger partial charge in [0, 0.05) is 32.9 Å². The van der Waals surface area contributed by atoms with Crippen LogP contribution in [-0.4, -0.2) is 41.9 Å². The molecule has 1 amide bonds. The van der Waals surface area contributed by atoms with Gasteiger partial charge >= 0.3 is 0 Å². The Morgan fingerprint density at radius 3 is 2.50 bits per heavy atom. The van der Waals surface area contributed by atoms with Crippen LogP contribution in [0.5, 0.6) is 0 Å². The van der Waals surface area contributed by atoms with Crippen LogP contribution in [-0.2, 0) is 23.6 Å². The van der Waals surface area contributed by atoms with Crippen LogP contribution in [0, 0.1) is 13.8 Å². The largest absolute Gasteiger partial charge is 0.347 e. The third kappa shape index (κ3) is 4.79. The van der Waals surface area contributed by atoms with Gasteiger partial charge in [0.25, 0.3) is 5.91 Å². The smallest absolute Gasteiger partial charge is 0.265 e. The van der Waals surface area contributed by atoms with Crippen molar-refractivity contribution in [1.82, 2.24) is 19.2 Å². The topological polar surface area (TPSA) is 84.3 Å². The van der Waals surface area contributed by atoms with E-state index in [9.17, 15) is 13.2 Å². The molecular formula is C23H28N4O3S2. The summed E-state index contributed by atoms with van der Waals surface area (Å²) >= 11 is 1.33. The number of likely N-dealkylation sites (tertiary alicyclic amines) is 1. The van der Waals surface area contributed by atoms with Gasteiger partial charge in [-0.2, -0.15) is 0 Å². The Labute approximate surface area is 193 Å². The maximum atomic E-state index is 12.9. The summed E-state index contributed by atoms with van der Waals surface area (Å²) in [5, 5.41) is 0.644. The van der Waals surface area contributed by atoms with Crippen molar-refractivity contribution < 1.29 is 13.2 Å². The second kappa shape index (κ2) is 9.17. The van der Waals surface area contributed by atoms with E-state index in [2.05, 4.69) is 9.71 Å². The highest BCUT2D eigenvalue weighted by atomic mass is 32.2. The van der Waals surface area contributed by atoms with Gasteiger partial charge in [0.15, 0.2) is 0 Å². The van der Waals surface area contributed by atoms with Gasteiger partial charge in [-0.25, -0.2) is 18.1 Å². The van der Waals surface area contributed by atoms with E-state index in [0.29, 0.717) is 21.3 Å². The van der Waals surface area contributed by atoms with Gasteiger partial charge in [0.2, 0.25) is 10.0 Å². The number of sulfonamides is 1. The highest BCUT2D eigenvalue weighted by Crippen LogP contribution is 2.31. The SMILES string of the molecule is Cc1ccc(CNS(=O)(=O)c2cc(-c3nc(C)c(C(=O)N4CCCCC4)s3)n(C)c2)cc1. The zero-order valence-electron chi connectivity index (χ0n) is 18.6. The molecule has 3 aromatic rings. The summed E-state index contributed by atoms with van der Waals surface area (Å²) < 4.78 is 30.1. The Bertz CT molecular complexity index is 1220. The Morgan fingerprint density at radius 1 is 1.12 bits per heavy atom. The summed E-state index contributed by atoms with van der Waals surface area (Å²) in [6.07, 6.45) is 4.81. The number of carbonyl (C=O) groups excluding carboxylic acids is 1. The van der Waals surface area contributed by atoms with Crippen LogP contribution in [0.4, 0.5) is 0 Å². The quantitative estimate of drug-likeness (QED) is 0.590. The number of piperidine rings is 1. The van der Waals surface area contributed by atoms with Crippen molar-refractivity contribution in [2.24, 2.45) is 7.05 Å². The number of carbonyl (C=O) groups is 1. The number of rotatable bonds is 6. The Balaban J connectivity index is 1.54. The van der Waals surface area contributed by atoms with E-state index in [1.54, 1.807) is 23.9 Å². The molecule has 1 fully saturated rings. The average Bonchev–Trinajstić information content (AvgIpc) is 3.36. The molecule has 1 aliphatic rings. The minimum Gasteiger partial charge on any atom is -0.347 e. The predicted molar refractivity (Wildman–Crippen MR) is 126 cm³/mol. The van der Waals surface area contributed by atoms with Gasteiger partial charge in [0.05, 0.1) is 11.4 Å². The van der Waals surface area contributed by atoms with Gasteiger partial charge in [-0.1, -0.05) is 29.8 Å². The fourth-order valence-corrected chi connectivity index (χ4v) is 5.99. The van der Waals surface area contributed by atoms with Crippen molar-refractivity contribution in [3.8, 4) is 10.7 Å². The Morgan fingerprint density at radius 2 is 1.81 bits per heavy atom. The first-order chi connectivity index (χ1) is 15.2. The standard InChI is InChI=1S/C23H28N4O3S2/c1-16-7-9-18(10-8-16)14-24-32(29,30)19-13-20(26(3)15-19)22-25-17(2)21(31-22)23(28)27-11-5-4-6-12-27/h7-10,13,15,24H,4-6,11-12,14H2,1-3H3. The zero-order valence-corrected chi connectivity index (χ0v) is 20.2. The number of aromatic nitrogens is 2. The number of nitrogens with zero attached hydrogens (tertiary/aromatic N) is 3. The van der Waals surface area contributed by atoms with Crippen molar-refractivity contribution >= 4 is 27.3 Å². The first-order valence-electron chi connectivity index (χ1n) is 10.7. The van der Waals surface area contributed by atoms with Crippen molar-refractivity contribution in [3.05, 3.63) is 58.2 Å². The molecule has 1 aliphatic heterocycles. The fraction of sp³-hybridized carbons (Fsp3) is 0.391. The first kappa shape index (κ1) is 22.7. The first-order valence-corrected chi connectivity index (χ1v) is 13.0. The third-order valence-electron chi connectivity index (χ3n) is 5.73. The van der Waals surface area contributed by atoms with Gasteiger partial charge in [0.1, 0.15) is 14.8 Å². The lowest BCUT2D eigenvalue weighted by atomic mass is 10.1. The van der Waals surface area contributed by atoms with Crippen LogP contribution in [0.15, 0.2) is 41.4 Å². The van der Waals surface area contributed by atoms with Crippen LogP contribution >= 0.6 is 11.3 Å². The molecule has 170 valence electrons. The molecule has 3 heterocycles. The zero-order chi connectivity index (χ0) is 22.9. The van der Waals surface area contributed by atoms with Crippen molar-refractivity contribution in [3.63, 3.8) is 0 Å². The Hall–Kier alpha value is -2.49. The molecule has 32 heavy (non-hydrogen) atoms. The molecule has 0 radical (unpaired) electrons. The van der Waals surface area contributed by atoms with Gasteiger partial charge in [-0.3, -0.25) is 4.79 Å². The van der Waals surface area contributed by atoms with Crippen molar-refractivity contribution in [2.45, 2.75) is 44.6 Å². The molecule has 0 unspecified atom stereocenters. The maximum Gasteiger partial charge on any atom is 0.265 e. The van der Waals surface area contributed by atoms with Crippen LogP contribution in [0.2, 0.25) is 0 Å². The second-order valence-electron chi connectivity index (χ2n) is 8.27. The number of nitrogens with one attached hydrogen (secondary N) is 1. The Kier molecular flexibility index (Phi) is 6.50. The summed E-state index contributed by atoms with van der Waals surface area (Å²) in [6.45, 7) is 5.61. The maximum absolute atomic E-state index is 12.9. The second-order valence-corrected chi connectivity index (χ2v) is 11.0.